The first-order valence-corrected chi connectivity index (χ1v) is 11.5. The highest BCUT2D eigenvalue weighted by molar-refractivity contribution is 7.13. The van der Waals surface area contributed by atoms with Gasteiger partial charge >= 0.3 is 0 Å². The van der Waals surface area contributed by atoms with E-state index in [4.69, 9.17) is 4.74 Å². The van der Waals surface area contributed by atoms with Crippen molar-refractivity contribution in [2.24, 2.45) is 5.41 Å². The fraction of sp³-hybridized carbons (Fsp3) is 0.435. The monoisotopic (exact) mass is 440 g/mol. The molecule has 1 atom stereocenters. The smallest absolute Gasteiger partial charge is 0.257 e. The van der Waals surface area contributed by atoms with Gasteiger partial charge in [0.05, 0.1) is 6.54 Å². The molecule has 2 amide bonds. The fourth-order valence-corrected chi connectivity index (χ4v) is 4.86. The van der Waals surface area contributed by atoms with Gasteiger partial charge in [-0.25, -0.2) is 4.98 Å². The van der Waals surface area contributed by atoms with Crippen molar-refractivity contribution in [3.8, 4) is 5.75 Å². The summed E-state index contributed by atoms with van der Waals surface area (Å²) in [5, 5.41) is 8.39. The van der Waals surface area contributed by atoms with Crippen LogP contribution in [0, 0.1) is 5.41 Å². The first-order valence-electron chi connectivity index (χ1n) is 10.7. The molecule has 1 spiro atoms. The lowest BCUT2D eigenvalue weighted by Crippen LogP contribution is -2.51. The number of hydrogen-bond acceptors (Lipinski definition) is 6. The number of amides is 2. The van der Waals surface area contributed by atoms with Gasteiger partial charge in [-0.15, -0.1) is 11.3 Å². The van der Waals surface area contributed by atoms with Crippen molar-refractivity contribution < 1.29 is 14.3 Å². The summed E-state index contributed by atoms with van der Waals surface area (Å²) in [7, 11) is 0. The van der Waals surface area contributed by atoms with Crippen LogP contribution in [0.2, 0.25) is 0 Å². The van der Waals surface area contributed by atoms with Crippen molar-refractivity contribution in [2.75, 3.05) is 38.1 Å². The first-order chi connectivity index (χ1) is 15.1. The van der Waals surface area contributed by atoms with Crippen LogP contribution in [0.25, 0.3) is 0 Å². The third kappa shape index (κ3) is 5.92. The number of thiazole rings is 1. The number of hydrogen-bond donors (Lipinski definition) is 2. The summed E-state index contributed by atoms with van der Waals surface area (Å²) in [4.78, 5) is 31.2. The van der Waals surface area contributed by atoms with Gasteiger partial charge < -0.3 is 15.4 Å². The number of likely N-dealkylation sites (tertiary alicyclic amines) is 1. The molecular formula is C23H28N4O3S. The zero-order chi connectivity index (χ0) is 21.5. The summed E-state index contributed by atoms with van der Waals surface area (Å²) in [5.41, 5.74) is 0.982. The largest absolute Gasteiger partial charge is 0.483 e. The minimum atomic E-state index is -0.114. The lowest BCUT2D eigenvalue weighted by Gasteiger charge is -2.42. The van der Waals surface area contributed by atoms with Crippen LogP contribution in [0.4, 0.5) is 5.13 Å². The molecule has 1 aromatic heterocycles. The van der Waals surface area contributed by atoms with Gasteiger partial charge in [0.25, 0.3) is 5.91 Å². The highest BCUT2D eigenvalue weighted by Gasteiger charge is 2.35. The number of carbonyl (C=O) groups excluding carboxylic acids is 2. The van der Waals surface area contributed by atoms with Crippen molar-refractivity contribution in [3.05, 3.63) is 53.6 Å². The van der Waals surface area contributed by atoms with Gasteiger partial charge in [0.15, 0.2) is 11.7 Å². The van der Waals surface area contributed by atoms with Crippen LogP contribution >= 0.6 is 11.3 Å². The highest BCUT2D eigenvalue weighted by Crippen LogP contribution is 2.34. The van der Waals surface area contributed by atoms with E-state index in [0.717, 1.165) is 50.1 Å². The highest BCUT2D eigenvalue weighted by atomic mass is 32.1. The van der Waals surface area contributed by atoms with E-state index < -0.39 is 0 Å². The Hall–Kier alpha value is -2.71. The van der Waals surface area contributed by atoms with Crippen molar-refractivity contribution in [1.82, 2.24) is 15.2 Å². The SMILES string of the molecule is O=C1COc2ccccc2C/C=C/C[C@@]2(CCCN(CC(=O)Nc3nccs3)C2)CN1. The Balaban J connectivity index is 1.43. The zero-order valence-corrected chi connectivity index (χ0v) is 18.3. The molecule has 0 bridgehead atoms. The molecule has 7 nitrogen and oxygen atoms in total. The number of nitrogens with zero attached hydrogens (tertiary/aromatic N) is 2. The summed E-state index contributed by atoms with van der Waals surface area (Å²) < 4.78 is 5.76. The maximum Gasteiger partial charge on any atom is 0.257 e. The van der Waals surface area contributed by atoms with E-state index in [1.54, 1.807) is 6.20 Å². The summed E-state index contributed by atoms with van der Waals surface area (Å²) in [6.07, 6.45) is 9.71. The number of anilines is 1. The molecule has 0 unspecified atom stereocenters. The van der Waals surface area contributed by atoms with Crippen LogP contribution in [-0.2, 0) is 16.0 Å². The Morgan fingerprint density at radius 1 is 1.32 bits per heavy atom. The lowest BCUT2D eigenvalue weighted by molar-refractivity contribution is -0.124. The third-order valence-corrected chi connectivity index (χ3v) is 6.52. The Bertz CT molecular complexity index is 931. The maximum absolute atomic E-state index is 12.4. The summed E-state index contributed by atoms with van der Waals surface area (Å²) in [6, 6.07) is 7.84. The van der Waals surface area contributed by atoms with Crippen LogP contribution in [0.15, 0.2) is 48.0 Å². The van der Waals surface area contributed by atoms with Crippen molar-refractivity contribution in [3.63, 3.8) is 0 Å². The van der Waals surface area contributed by atoms with E-state index in [2.05, 4.69) is 32.7 Å². The molecule has 3 heterocycles. The number of allylic oxidation sites excluding steroid dienone is 2. The molecule has 2 aliphatic heterocycles. The summed E-state index contributed by atoms with van der Waals surface area (Å²) >= 11 is 1.41. The molecule has 8 heteroatoms. The van der Waals surface area contributed by atoms with E-state index in [1.807, 2.05) is 29.6 Å². The topological polar surface area (TPSA) is 83.6 Å². The second-order valence-electron chi connectivity index (χ2n) is 8.25. The number of aromatic nitrogens is 1. The molecule has 0 radical (unpaired) electrons. The van der Waals surface area contributed by atoms with Crippen LogP contribution in [0.1, 0.15) is 24.8 Å². The third-order valence-electron chi connectivity index (χ3n) is 5.83. The number of ether oxygens (including phenoxy) is 1. The van der Waals surface area contributed by atoms with Crippen LogP contribution < -0.4 is 15.4 Å². The number of benzene rings is 1. The van der Waals surface area contributed by atoms with Crippen LogP contribution in [0.5, 0.6) is 5.75 Å². The first kappa shape index (κ1) is 21.5. The number of fused-ring (bicyclic) bond motifs is 1. The number of para-hydroxylation sites is 1. The van der Waals surface area contributed by atoms with Gasteiger partial charge in [-0.05, 0) is 43.9 Å². The number of piperidine rings is 1. The van der Waals surface area contributed by atoms with Gasteiger partial charge in [-0.3, -0.25) is 14.5 Å². The standard InChI is InChI=1S/C23H28N4O3S/c28-20(26-22-24-11-13-31-22)14-27-12-5-10-23(17-27)9-4-3-7-18-6-1-2-8-19(18)30-15-21(29)25-16-23/h1-4,6,8,11,13H,5,7,9-10,12,14-17H2,(H,25,29)(H,24,26,28)/b4-3+/t23-/m1/s1. The Labute approximate surface area is 186 Å². The Morgan fingerprint density at radius 2 is 2.23 bits per heavy atom. The van der Waals surface area contributed by atoms with Gasteiger partial charge in [0.1, 0.15) is 5.75 Å². The average molecular weight is 441 g/mol. The second kappa shape index (κ2) is 10.1. The molecule has 4 rings (SSSR count). The van der Waals surface area contributed by atoms with Gasteiger partial charge in [0, 0.05) is 30.1 Å². The minimum Gasteiger partial charge on any atom is -0.483 e. The minimum absolute atomic E-state index is 0.0107. The van der Waals surface area contributed by atoms with E-state index in [9.17, 15) is 9.59 Å². The fourth-order valence-electron chi connectivity index (χ4n) is 4.31. The normalized spacial score (nSPS) is 23.5. The van der Waals surface area contributed by atoms with E-state index in [0.29, 0.717) is 18.2 Å². The molecule has 2 aromatic rings. The Kier molecular flexibility index (Phi) is 6.99. The zero-order valence-electron chi connectivity index (χ0n) is 17.5. The van der Waals surface area contributed by atoms with Crippen LogP contribution in [0.3, 0.4) is 0 Å². The quantitative estimate of drug-likeness (QED) is 0.717. The van der Waals surface area contributed by atoms with Crippen molar-refractivity contribution in [1.29, 1.82) is 0 Å². The average Bonchev–Trinajstić information content (AvgIpc) is 3.27. The molecule has 0 aliphatic carbocycles. The van der Waals surface area contributed by atoms with Crippen LogP contribution in [-0.4, -0.2) is 54.5 Å². The van der Waals surface area contributed by atoms with E-state index in [1.165, 1.54) is 11.3 Å². The van der Waals surface area contributed by atoms with E-state index >= 15 is 0 Å². The maximum atomic E-state index is 12.4. The lowest BCUT2D eigenvalue weighted by atomic mass is 9.76. The summed E-state index contributed by atoms with van der Waals surface area (Å²) in [5.74, 6) is 0.592. The summed E-state index contributed by atoms with van der Waals surface area (Å²) in [6.45, 7) is 2.56. The molecule has 31 heavy (non-hydrogen) atoms. The van der Waals surface area contributed by atoms with Crippen molar-refractivity contribution in [2.45, 2.75) is 25.7 Å². The molecule has 1 aromatic carbocycles. The molecule has 1 saturated heterocycles. The Morgan fingerprint density at radius 3 is 3.10 bits per heavy atom. The number of nitrogens with one attached hydrogen (secondary N) is 2. The number of rotatable bonds is 3. The molecular weight excluding hydrogens is 412 g/mol. The number of carbonyl (C=O) groups is 2. The molecule has 2 N–H and O–H groups in total. The van der Waals surface area contributed by atoms with Crippen molar-refractivity contribution >= 4 is 28.3 Å². The molecule has 2 aliphatic rings. The molecule has 0 saturated carbocycles. The van der Waals surface area contributed by atoms with Gasteiger partial charge in [-0.2, -0.15) is 0 Å². The van der Waals surface area contributed by atoms with E-state index in [-0.39, 0.29) is 23.8 Å². The predicted molar refractivity (Wildman–Crippen MR) is 121 cm³/mol. The molecule has 1 fully saturated rings. The predicted octanol–water partition coefficient (Wildman–Crippen LogP) is 2.86. The molecule has 164 valence electrons. The van der Waals surface area contributed by atoms with Gasteiger partial charge in [0.2, 0.25) is 5.91 Å². The second-order valence-corrected chi connectivity index (χ2v) is 9.15. The van der Waals surface area contributed by atoms with Gasteiger partial charge in [-0.1, -0.05) is 30.4 Å².